The van der Waals surface area contributed by atoms with Gasteiger partial charge in [0.15, 0.2) is 6.10 Å². The molecule has 0 N–H and O–H groups in total. The average molecular weight is 571 g/mol. The summed E-state index contributed by atoms with van der Waals surface area (Å²) in [5, 5.41) is 0. The largest absolute Gasteiger partial charge is 0.463 e. The molecule has 5 fully saturated rings. The Morgan fingerprint density at radius 2 is 1.56 bits per heavy atom. The highest BCUT2D eigenvalue weighted by Crippen LogP contribution is 2.70. The first-order valence-electron chi connectivity index (χ1n) is 15.7. The van der Waals surface area contributed by atoms with E-state index in [2.05, 4.69) is 33.9 Å². The lowest BCUT2D eigenvalue weighted by Gasteiger charge is -2.62. The van der Waals surface area contributed by atoms with E-state index in [1.807, 2.05) is 6.92 Å². The highest BCUT2D eigenvalue weighted by atomic mass is 16.6. The summed E-state index contributed by atoms with van der Waals surface area (Å²) in [7, 11) is 0. The molecule has 1 aliphatic heterocycles. The molecule has 228 valence electrons. The zero-order valence-electron chi connectivity index (χ0n) is 26.1. The first-order chi connectivity index (χ1) is 19.2. The van der Waals surface area contributed by atoms with Crippen LogP contribution in [-0.4, -0.2) is 48.4 Å². The van der Waals surface area contributed by atoms with Crippen LogP contribution in [0.1, 0.15) is 93.4 Å². The zero-order chi connectivity index (χ0) is 30.0. The number of rotatable bonds is 6. The third-order valence-corrected chi connectivity index (χ3v) is 12.3. The summed E-state index contributed by atoms with van der Waals surface area (Å²) >= 11 is 0. The van der Waals surface area contributed by atoms with Gasteiger partial charge in [0.2, 0.25) is 0 Å². The average Bonchev–Trinajstić information content (AvgIpc) is 3.36. The molecule has 0 spiro atoms. The Morgan fingerprint density at radius 1 is 0.878 bits per heavy atom. The molecule has 1 saturated heterocycles. The molecule has 5 rings (SSSR count). The van der Waals surface area contributed by atoms with Gasteiger partial charge >= 0.3 is 17.9 Å². The maximum Gasteiger partial charge on any atom is 0.303 e. The minimum Gasteiger partial charge on any atom is -0.463 e. The number of esters is 3. The van der Waals surface area contributed by atoms with Gasteiger partial charge in [0.05, 0.1) is 6.10 Å². The number of carbonyl (C=O) groups is 3. The molecule has 0 bridgehead atoms. The quantitative estimate of drug-likeness (QED) is 0.214. The normalized spacial score (nSPS) is 45.2. The minimum absolute atomic E-state index is 0.00280. The number of fused-ring (bicyclic) bond motifs is 7. The molecule has 0 amide bonds. The maximum atomic E-state index is 12.6. The van der Waals surface area contributed by atoms with Crippen LogP contribution in [0.5, 0.6) is 0 Å². The second-order valence-corrected chi connectivity index (χ2v) is 14.5. The lowest BCUT2D eigenvalue weighted by Crippen LogP contribution is -2.60. The van der Waals surface area contributed by atoms with E-state index < -0.39 is 6.10 Å². The van der Waals surface area contributed by atoms with Gasteiger partial charge in [-0.15, -0.1) is 0 Å². The monoisotopic (exact) mass is 570 g/mol. The summed E-state index contributed by atoms with van der Waals surface area (Å²) < 4.78 is 24.6. The standard InChI is InChI=1S/C34H50O7/c1-17(2)18(3)31(40-22(7)37)32-19(4)30-28(41-32)15-27-25-11-10-23-14-24(38-20(5)35)12-13-33(23,8)26(25)16-29(34(27,30)9)39-21(6)36/h19,23-32H,1,3,10-16H2,2,4-9H3/t19-,23-,24-,25+,26-,27-,28-,29+,30-,31+,32-,33-,34+/m0/s1. The van der Waals surface area contributed by atoms with Crippen LogP contribution in [0, 0.1) is 46.3 Å². The number of hydrogen-bond donors (Lipinski definition) is 0. The van der Waals surface area contributed by atoms with E-state index in [1.165, 1.54) is 20.8 Å². The van der Waals surface area contributed by atoms with Crippen molar-refractivity contribution in [2.75, 3.05) is 0 Å². The number of carbonyl (C=O) groups excluding carboxylic acids is 3. The molecule has 5 aliphatic rings. The van der Waals surface area contributed by atoms with E-state index in [-0.39, 0.29) is 65.0 Å². The molecule has 0 unspecified atom stereocenters. The van der Waals surface area contributed by atoms with Gasteiger partial charge in [0.1, 0.15) is 18.3 Å². The van der Waals surface area contributed by atoms with Crippen molar-refractivity contribution in [3.05, 3.63) is 24.3 Å². The van der Waals surface area contributed by atoms with E-state index >= 15 is 0 Å². The van der Waals surface area contributed by atoms with Gasteiger partial charge < -0.3 is 18.9 Å². The predicted molar refractivity (Wildman–Crippen MR) is 154 cm³/mol. The van der Waals surface area contributed by atoms with E-state index in [9.17, 15) is 14.4 Å². The fourth-order valence-electron chi connectivity index (χ4n) is 10.6. The van der Waals surface area contributed by atoms with Crippen LogP contribution in [0.3, 0.4) is 0 Å². The summed E-state index contributed by atoms with van der Waals surface area (Å²) in [6.07, 6.45) is 5.81. The number of ether oxygens (including phenoxy) is 4. The van der Waals surface area contributed by atoms with Crippen molar-refractivity contribution in [3.63, 3.8) is 0 Å². The van der Waals surface area contributed by atoms with Crippen molar-refractivity contribution < 1.29 is 33.3 Å². The molecular weight excluding hydrogens is 520 g/mol. The molecular formula is C34H50O7. The molecule has 0 aromatic rings. The highest BCUT2D eigenvalue weighted by Gasteiger charge is 2.70. The summed E-state index contributed by atoms with van der Waals surface area (Å²) in [5.74, 6) is 1.33. The topological polar surface area (TPSA) is 88.1 Å². The van der Waals surface area contributed by atoms with Crippen LogP contribution in [0.2, 0.25) is 0 Å². The second-order valence-electron chi connectivity index (χ2n) is 14.5. The Bertz CT molecular complexity index is 1110. The van der Waals surface area contributed by atoms with Crippen molar-refractivity contribution in [2.24, 2.45) is 46.3 Å². The van der Waals surface area contributed by atoms with Gasteiger partial charge in [-0.25, -0.2) is 0 Å². The minimum atomic E-state index is -0.585. The lowest BCUT2D eigenvalue weighted by molar-refractivity contribution is -0.198. The van der Waals surface area contributed by atoms with Gasteiger partial charge in [0.25, 0.3) is 0 Å². The molecule has 41 heavy (non-hydrogen) atoms. The molecule has 1 heterocycles. The van der Waals surface area contributed by atoms with Gasteiger partial charge in [-0.1, -0.05) is 39.5 Å². The van der Waals surface area contributed by atoms with Crippen LogP contribution in [0.25, 0.3) is 0 Å². The van der Waals surface area contributed by atoms with Crippen molar-refractivity contribution >= 4 is 17.9 Å². The first kappa shape index (κ1) is 30.3. The molecule has 13 atom stereocenters. The molecule has 4 aliphatic carbocycles. The molecule has 7 heteroatoms. The third-order valence-electron chi connectivity index (χ3n) is 12.3. The van der Waals surface area contributed by atoms with E-state index in [0.29, 0.717) is 29.2 Å². The summed E-state index contributed by atoms with van der Waals surface area (Å²) in [5.41, 5.74) is 1.36. The van der Waals surface area contributed by atoms with E-state index in [1.54, 1.807) is 0 Å². The van der Waals surface area contributed by atoms with Crippen LogP contribution in [0.4, 0.5) is 0 Å². The maximum absolute atomic E-state index is 12.6. The van der Waals surface area contributed by atoms with E-state index in [0.717, 1.165) is 50.5 Å². The molecule has 0 radical (unpaired) electrons. The molecule has 7 nitrogen and oxygen atoms in total. The Labute approximate surface area is 245 Å². The molecule has 0 aromatic carbocycles. The molecule has 4 saturated carbocycles. The smallest absolute Gasteiger partial charge is 0.303 e. The van der Waals surface area contributed by atoms with Gasteiger partial charge in [0, 0.05) is 26.2 Å². The summed E-state index contributed by atoms with van der Waals surface area (Å²) in [4.78, 5) is 36.3. The van der Waals surface area contributed by atoms with Gasteiger partial charge in [-0.3, -0.25) is 14.4 Å². The van der Waals surface area contributed by atoms with Crippen LogP contribution < -0.4 is 0 Å². The van der Waals surface area contributed by atoms with Crippen molar-refractivity contribution in [1.82, 2.24) is 0 Å². The number of hydrogen-bond acceptors (Lipinski definition) is 7. The predicted octanol–water partition coefficient (Wildman–Crippen LogP) is 6.20. The fourth-order valence-corrected chi connectivity index (χ4v) is 10.6. The van der Waals surface area contributed by atoms with Crippen LogP contribution in [-0.2, 0) is 33.3 Å². The fraction of sp³-hybridized carbons (Fsp3) is 0.794. The van der Waals surface area contributed by atoms with Crippen molar-refractivity contribution in [1.29, 1.82) is 0 Å². The molecule has 0 aromatic heterocycles. The van der Waals surface area contributed by atoms with Crippen LogP contribution >= 0.6 is 0 Å². The van der Waals surface area contributed by atoms with Crippen molar-refractivity contribution in [2.45, 2.75) is 124 Å². The Balaban J connectivity index is 1.45. The third kappa shape index (κ3) is 4.98. The van der Waals surface area contributed by atoms with Gasteiger partial charge in [-0.05, 0) is 98.4 Å². The van der Waals surface area contributed by atoms with E-state index in [4.69, 9.17) is 18.9 Å². The Hall–Kier alpha value is -2.15. The Morgan fingerprint density at radius 3 is 2.17 bits per heavy atom. The Kier molecular flexibility index (Phi) is 8.02. The first-order valence-corrected chi connectivity index (χ1v) is 15.7. The lowest BCUT2D eigenvalue weighted by atomic mass is 9.43. The second kappa shape index (κ2) is 10.8. The highest BCUT2D eigenvalue weighted by molar-refractivity contribution is 5.67. The summed E-state index contributed by atoms with van der Waals surface area (Å²) in [6.45, 7) is 21.6. The zero-order valence-corrected chi connectivity index (χ0v) is 26.1. The van der Waals surface area contributed by atoms with Gasteiger partial charge in [-0.2, -0.15) is 0 Å². The SMILES string of the molecule is C=C(C)C(=C)[C@@H](OC(C)=O)[C@H]1O[C@H]2C[C@H]3[C@@H]4CC[C@H]5C[C@@H](OC(C)=O)CC[C@]5(C)[C@H]4C[C@@H](OC(C)=O)[C@]3(C)[C@H]2[C@@H]1C. The van der Waals surface area contributed by atoms with Crippen LogP contribution in [0.15, 0.2) is 24.3 Å². The summed E-state index contributed by atoms with van der Waals surface area (Å²) in [6, 6.07) is 0. The van der Waals surface area contributed by atoms with Crippen molar-refractivity contribution in [3.8, 4) is 0 Å².